The maximum atomic E-state index is 11.4. The second kappa shape index (κ2) is 7.97. The van der Waals surface area contributed by atoms with Crippen LogP contribution in [0.25, 0.3) is 0 Å². The van der Waals surface area contributed by atoms with Gasteiger partial charge in [-0.05, 0) is 17.7 Å². The summed E-state index contributed by atoms with van der Waals surface area (Å²) in [6.45, 7) is 2.69. The maximum Gasteiger partial charge on any atom is 0.315 e. The summed E-state index contributed by atoms with van der Waals surface area (Å²) in [4.78, 5) is 22.0. The van der Waals surface area contributed by atoms with Crippen molar-refractivity contribution >= 4 is 11.9 Å². The van der Waals surface area contributed by atoms with E-state index in [0.717, 1.165) is 11.3 Å². The molecule has 0 atom stereocenters. The molecule has 104 valence electrons. The Morgan fingerprint density at radius 1 is 1.05 bits per heavy atom. The lowest BCUT2D eigenvalue weighted by molar-refractivity contribution is -0.118. The fraction of sp³-hybridized carbons (Fsp3) is 0.385. The second-order valence-corrected chi connectivity index (χ2v) is 3.94. The molecular formula is C13H19N3O3. The van der Waals surface area contributed by atoms with Gasteiger partial charge in [0.2, 0.25) is 5.91 Å². The molecule has 0 aliphatic rings. The number of hydrogen-bond donors (Lipinski definition) is 3. The van der Waals surface area contributed by atoms with Crippen LogP contribution < -0.4 is 20.7 Å². The number of rotatable bonds is 6. The van der Waals surface area contributed by atoms with E-state index in [0.29, 0.717) is 19.6 Å². The summed E-state index contributed by atoms with van der Waals surface area (Å²) < 4.78 is 5.05. The number of carbonyl (C=O) groups is 2. The molecule has 6 nitrogen and oxygen atoms in total. The number of carbonyl (C=O) groups excluding carboxylic acids is 2. The molecule has 0 aliphatic carbocycles. The summed E-state index contributed by atoms with van der Waals surface area (Å²) >= 11 is 0. The van der Waals surface area contributed by atoms with E-state index in [1.54, 1.807) is 7.11 Å². The molecule has 1 rings (SSSR count). The predicted molar refractivity (Wildman–Crippen MR) is 71.9 cm³/mol. The van der Waals surface area contributed by atoms with Crippen molar-refractivity contribution in [3.05, 3.63) is 29.8 Å². The van der Waals surface area contributed by atoms with Crippen molar-refractivity contribution in [2.24, 2.45) is 0 Å². The van der Waals surface area contributed by atoms with Crippen LogP contribution in [0.4, 0.5) is 4.79 Å². The van der Waals surface area contributed by atoms with Gasteiger partial charge in [-0.15, -0.1) is 0 Å². The third-order valence-corrected chi connectivity index (χ3v) is 2.40. The van der Waals surface area contributed by atoms with E-state index in [1.807, 2.05) is 24.3 Å². The van der Waals surface area contributed by atoms with Crippen LogP contribution in [0.5, 0.6) is 5.75 Å². The number of nitrogens with one attached hydrogen (secondary N) is 3. The van der Waals surface area contributed by atoms with Gasteiger partial charge in [0.1, 0.15) is 5.75 Å². The fourth-order valence-corrected chi connectivity index (χ4v) is 1.40. The van der Waals surface area contributed by atoms with E-state index in [4.69, 9.17) is 4.74 Å². The van der Waals surface area contributed by atoms with Gasteiger partial charge in [0.25, 0.3) is 0 Å². The van der Waals surface area contributed by atoms with Crippen LogP contribution in [-0.4, -0.2) is 32.1 Å². The molecule has 3 N–H and O–H groups in total. The monoisotopic (exact) mass is 265 g/mol. The number of methoxy groups -OCH3 is 1. The predicted octanol–water partition coefficient (Wildman–Crippen LogP) is 0.630. The molecule has 0 heterocycles. The first-order valence-corrected chi connectivity index (χ1v) is 6.01. The molecule has 1 aromatic carbocycles. The smallest absolute Gasteiger partial charge is 0.315 e. The molecule has 0 radical (unpaired) electrons. The van der Waals surface area contributed by atoms with E-state index in [2.05, 4.69) is 16.0 Å². The van der Waals surface area contributed by atoms with Crippen LogP contribution >= 0.6 is 0 Å². The van der Waals surface area contributed by atoms with Crippen molar-refractivity contribution in [1.29, 1.82) is 0 Å². The zero-order valence-corrected chi connectivity index (χ0v) is 11.2. The molecule has 0 unspecified atom stereocenters. The van der Waals surface area contributed by atoms with Gasteiger partial charge >= 0.3 is 6.03 Å². The Bertz CT molecular complexity index is 418. The van der Waals surface area contributed by atoms with Crippen molar-refractivity contribution in [3.8, 4) is 5.75 Å². The average Bonchev–Trinajstić information content (AvgIpc) is 2.41. The Balaban J connectivity index is 2.20. The summed E-state index contributed by atoms with van der Waals surface area (Å²) in [5.41, 5.74) is 0.984. The SMILES string of the molecule is COc1ccc(CNC(=O)NCCNC(C)=O)cc1. The minimum atomic E-state index is -0.263. The van der Waals surface area contributed by atoms with Gasteiger partial charge in [0.15, 0.2) is 0 Å². The quantitative estimate of drug-likeness (QED) is 0.660. The fourth-order valence-electron chi connectivity index (χ4n) is 1.40. The van der Waals surface area contributed by atoms with Crippen LogP contribution in [0.3, 0.4) is 0 Å². The van der Waals surface area contributed by atoms with Gasteiger partial charge in [0.05, 0.1) is 7.11 Å². The zero-order valence-electron chi connectivity index (χ0n) is 11.2. The third-order valence-electron chi connectivity index (χ3n) is 2.40. The Morgan fingerprint density at radius 3 is 2.26 bits per heavy atom. The van der Waals surface area contributed by atoms with Crippen molar-refractivity contribution in [3.63, 3.8) is 0 Å². The van der Waals surface area contributed by atoms with Gasteiger partial charge in [-0.3, -0.25) is 4.79 Å². The Morgan fingerprint density at radius 2 is 1.68 bits per heavy atom. The summed E-state index contributed by atoms with van der Waals surface area (Å²) in [7, 11) is 1.61. The largest absolute Gasteiger partial charge is 0.497 e. The highest BCUT2D eigenvalue weighted by atomic mass is 16.5. The minimum absolute atomic E-state index is 0.111. The molecule has 0 spiro atoms. The van der Waals surface area contributed by atoms with E-state index in [1.165, 1.54) is 6.92 Å². The molecule has 0 saturated carbocycles. The zero-order chi connectivity index (χ0) is 14.1. The van der Waals surface area contributed by atoms with E-state index in [9.17, 15) is 9.59 Å². The molecule has 0 aliphatic heterocycles. The molecule has 6 heteroatoms. The summed E-state index contributed by atoms with van der Waals surface area (Å²) in [5.74, 6) is 0.670. The highest BCUT2D eigenvalue weighted by Crippen LogP contribution is 2.10. The van der Waals surface area contributed by atoms with Crippen LogP contribution in [0, 0.1) is 0 Å². The van der Waals surface area contributed by atoms with Crippen molar-refractivity contribution in [2.75, 3.05) is 20.2 Å². The summed E-state index contributed by atoms with van der Waals surface area (Å²) in [6, 6.07) is 7.19. The standard InChI is InChI=1S/C13H19N3O3/c1-10(17)14-7-8-15-13(18)16-9-11-3-5-12(19-2)6-4-11/h3-6H,7-9H2,1-2H3,(H,14,17)(H2,15,16,18). The number of hydrogen-bond acceptors (Lipinski definition) is 3. The van der Waals surface area contributed by atoms with Gasteiger partial charge in [-0.25, -0.2) is 4.79 Å². The van der Waals surface area contributed by atoms with Crippen molar-refractivity contribution in [1.82, 2.24) is 16.0 Å². The van der Waals surface area contributed by atoms with Crippen LogP contribution in [-0.2, 0) is 11.3 Å². The Hall–Kier alpha value is -2.24. The number of amides is 3. The lowest BCUT2D eigenvalue weighted by atomic mass is 10.2. The second-order valence-electron chi connectivity index (χ2n) is 3.94. The minimum Gasteiger partial charge on any atom is -0.497 e. The highest BCUT2D eigenvalue weighted by Gasteiger charge is 2.00. The van der Waals surface area contributed by atoms with Crippen LogP contribution in [0.15, 0.2) is 24.3 Å². The molecule has 0 saturated heterocycles. The first-order chi connectivity index (χ1) is 9.11. The molecule has 0 bridgehead atoms. The number of ether oxygens (including phenoxy) is 1. The highest BCUT2D eigenvalue weighted by molar-refractivity contribution is 5.74. The molecule has 0 fully saturated rings. The van der Waals surface area contributed by atoms with Crippen LogP contribution in [0.2, 0.25) is 0 Å². The normalized spacial score (nSPS) is 9.58. The van der Waals surface area contributed by atoms with E-state index < -0.39 is 0 Å². The topological polar surface area (TPSA) is 79.5 Å². The molecule has 19 heavy (non-hydrogen) atoms. The molecule has 1 aromatic rings. The van der Waals surface area contributed by atoms with Crippen LogP contribution in [0.1, 0.15) is 12.5 Å². The molecule has 3 amide bonds. The average molecular weight is 265 g/mol. The van der Waals surface area contributed by atoms with Gasteiger partial charge in [-0.1, -0.05) is 12.1 Å². The van der Waals surface area contributed by atoms with Gasteiger partial charge < -0.3 is 20.7 Å². The summed E-state index contributed by atoms with van der Waals surface area (Å²) in [6.07, 6.45) is 0. The van der Waals surface area contributed by atoms with E-state index >= 15 is 0 Å². The maximum absolute atomic E-state index is 11.4. The van der Waals surface area contributed by atoms with Gasteiger partial charge in [0, 0.05) is 26.6 Å². The lowest BCUT2D eigenvalue weighted by Gasteiger charge is -2.08. The first-order valence-electron chi connectivity index (χ1n) is 6.01. The lowest BCUT2D eigenvalue weighted by Crippen LogP contribution is -2.39. The molecular weight excluding hydrogens is 246 g/mol. The number of urea groups is 1. The van der Waals surface area contributed by atoms with Crippen molar-refractivity contribution in [2.45, 2.75) is 13.5 Å². The summed E-state index contributed by atoms with van der Waals surface area (Å²) in [5, 5.41) is 7.95. The third kappa shape index (κ3) is 6.30. The first kappa shape index (κ1) is 14.8. The van der Waals surface area contributed by atoms with Gasteiger partial charge in [-0.2, -0.15) is 0 Å². The number of benzene rings is 1. The van der Waals surface area contributed by atoms with Crippen molar-refractivity contribution < 1.29 is 14.3 Å². The Labute approximate surface area is 112 Å². The van der Waals surface area contributed by atoms with E-state index in [-0.39, 0.29) is 11.9 Å². The molecule has 0 aromatic heterocycles. The Kier molecular flexibility index (Phi) is 6.21.